The van der Waals surface area contributed by atoms with E-state index in [4.69, 9.17) is 0 Å². The fourth-order valence-corrected chi connectivity index (χ4v) is 0.892. The number of alkyl halides is 3. The number of halogens is 3. The molecule has 0 aromatic heterocycles. The average Bonchev–Trinajstić information content (AvgIpc) is 2.18. The van der Waals surface area contributed by atoms with Gasteiger partial charge in [0.15, 0.2) is 6.67 Å². The molecule has 13 heavy (non-hydrogen) atoms. The molecule has 0 unspecified atom stereocenters. The number of hydrogen-bond donors (Lipinski definition) is 0. The van der Waals surface area contributed by atoms with Crippen molar-refractivity contribution in [1.29, 1.82) is 0 Å². The first-order valence-electron chi connectivity index (χ1n) is 3.61. The van der Waals surface area contributed by atoms with Crippen molar-refractivity contribution < 1.29 is 18.0 Å². The van der Waals surface area contributed by atoms with E-state index in [-0.39, 0.29) is 0 Å². The molecule has 0 saturated heterocycles. The van der Waals surface area contributed by atoms with Crippen molar-refractivity contribution in [2.24, 2.45) is 0 Å². The molecule has 0 spiro atoms. The molecular weight excluding hydrogens is 181 g/mol. The highest BCUT2D eigenvalue weighted by atomic mass is 19.3. The van der Waals surface area contributed by atoms with Gasteiger partial charge >= 0.3 is 5.92 Å². The van der Waals surface area contributed by atoms with Crippen LogP contribution in [0.1, 0.15) is 5.56 Å². The molecule has 0 atom stereocenters. The number of hydrogen-bond acceptors (Lipinski definition) is 1. The van der Waals surface area contributed by atoms with E-state index in [0.29, 0.717) is 0 Å². The number of Topliss-reactive ketones (excluding diaryl/α,β-unsaturated/α-hetero) is 1. The van der Waals surface area contributed by atoms with Crippen molar-refractivity contribution in [2.45, 2.75) is 5.92 Å². The quantitative estimate of drug-likeness (QED) is 0.711. The Morgan fingerprint density at radius 2 is 1.77 bits per heavy atom. The minimum atomic E-state index is -3.71. The Hall–Kier alpha value is -1.32. The zero-order valence-corrected chi connectivity index (χ0v) is 6.64. The molecule has 0 aliphatic rings. The van der Waals surface area contributed by atoms with Gasteiger partial charge in [-0.3, -0.25) is 4.79 Å². The van der Waals surface area contributed by atoms with Crippen LogP contribution < -0.4 is 0 Å². The molecule has 0 bridgehead atoms. The molecule has 0 fully saturated rings. The number of benzene rings is 1. The maximum Gasteiger partial charge on any atom is 0.333 e. The predicted octanol–water partition coefficient (Wildman–Crippen LogP) is 2.32. The maximum absolute atomic E-state index is 13.0. The second-order valence-electron chi connectivity index (χ2n) is 2.50. The van der Waals surface area contributed by atoms with E-state index in [9.17, 15) is 18.0 Å². The Balaban J connectivity index is 3.00. The molecule has 70 valence electrons. The largest absolute Gasteiger partial charge is 0.333 e. The van der Waals surface area contributed by atoms with Crippen molar-refractivity contribution in [3.05, 3.63) is 35.9 Å². The Bertz CT molecular complexity index is 295. The summed E-state index contributed by atoms with van der Waals surface area (Å²) in [6.07, 6.45) is 0. The van der Waals surface area contributed by atoms with Crippen LogP contribution >= 0.6 is 0 Å². The van der Waals surface area contributed by atoms with E-state index in [1.165, 1.54) is 12.1 Å². The highest BCUT2D eigenvalue weighted by Gasteiger charge is 2.39. The van der Waals surface area contributed by atoms with Crippen LogP contribution in [0, 0.1) is 0 Å². The lowest BCUT2D eigenvalue weighted by Crippen LogP contribution is -2.27. The zero-order chi connectivity index (χ0) is 9.90. The van der Waals surface area contributed by atoms with Crippen LogP contribution in [0.25, 0.3) is 0 Å². The van der Waals surface area contributed by atoms with Crippen LogP contribution in [-0.4, -0.2) is 12.5 Å². The number of ketones is 1. The summed E-state index contributed by atoms with van der Waals surface area (Å²) >= 11 is 0. The molecule has 0 amide bonds. The minimum absolute atomic E-state index is 0.474. The van der Waals surface area contributed by atoms with Gasteiger partial charge in [0.25, 0.3) is 0 Å². The lowest BCUT2D eigenvalue weighted by atomic mass is 10.1. The molecule has 1 aromatic rings. The zero-order valence-electron chi connectivity index (χ0n) is 6.64. The van der Waals surface area contributed by atoms with Gasteiger partial charge in [0.05, 0.1) is 0 Å². The number of carbonyl (C=O) groups is 1. The molecule has 0 radical (unpaired) electrons. The van der Waals surface area contributed by atoms with E-state index in [2.05, 4.69) is 0 Å². The molecule has 0 saturated carbocycles. The highest BCUT2D eigenvalue weighted by molar-refractivity contribution is 5.87. The summed E-state index contributed by atoms with van der Waals surface area (Å²) < 4.78 is 37.7. The van der Waals surface area contributed by atoms with Crippen molar-refractivity contribution in [1.82, 2.24) is 0 Å². The molecule has 1 aromatic carbocycles. The number of rotatable bonds is 3. The van der Waals surface area contributed by atoms with Crippen molar-refractivity contribution in [2.75, 3.05) is 6.67 Å². The summed E-state index contributed by atoms with van der Waals surface area (Å²) in [6, 6.07) is 6.46. The smallest absolute Gasteiger partial charge is 0.290 e. The van der Waals surface area contributed by atoms with E-state index in [0.717, 1.165) is 12.1 Å². The first kappa shape index (κ1) is 9.77. The third kappa shape index (κ3) is 1.88. The van der Waals surface area contributed by atoms with Crippen molar-refractivity contribution in [3.63, 3.8) is 0 Å². The van der Waals surface area contributed by atoms with Crippen molar-refractivity contribution in [3.8, 4) is 0 Å². The Labute approximate surface area is 73.2 Å². The molecule has 0 N–H and O–H groups in total. The van der Waals surface area contributed by atoms with Gasteiger partial charge in [-0.1, -0.05) is 30.3 Å². The Kier molecular flexibility index (Phi) is 2.70. The topological polar surface area (TPSA) is 17.1 Å². The molecule has 0 heterocycles. The summed E-state index contributed by atoms with van der Waals surface area (Å²) in [5.41, 5.74) is -0.474. The molecular formula is C9H7F3O. The van der Waals surface area contributed by atoms with Gasteiger partial charge in [-0.15, -0.1) is 0 Å². The van der Waals surface area contributed by atoms with Crippen LogP contribution in [0.4, 0.5) is 13.2 Å². The summed E-state index contributed by atoms with van der Waals surface area (Å²) in [7, 11) is 0. The van der Waals surface area contributed by atoms with Gasteiger partial charge in [0.1, 0.15) is 0 Å². The van der Waals surface area contributed by atoms with Gasteiger partial charge in [0.2, 0.25) is 5.78 Å². The second-order valence-corrected chi connectivity index (χ2v) is 2.50. The molecule has 0 aliphatic carbocycles. The highest BCUT2D eigenvalue weighted by Crippen LogP contribution is 2.28. The van der Waals surface area contributed by atoms with Gasteiger partial charge in [-0.05, 0) is 0 Å². The predicted molar refractivity (Wildman–Crippen MR) is 41.3 cm³/mol. The van der Waals surface area contributed by atoms with Gasteiger partial charge in [-0.25, -0.2) is 4.39 Å². The Morgan fingerprint density at radius 1 is 1.23 bits per heavy atom. The van der Waals surface area contributed by atoms with Crippen LogP contribution in [0.2, 0.25) is 0 Å². The maximum atomic E-state index is 13.0. The minimum Gasteiger partial charge on any atom is -0.290 e. The lowest BCUT2D eigenvalue weighted by molar-refractivity contribution is -0.145. The first-order chi connectivity index (χ1) is 6.09. The average molecular weight is 188 g/mol. The summed E-state index contributed by atoms with van der Waals surface area (Å²) in [5, 5.41) is 0. The van der Waals surface area contributed by atoms with Gasteiger partial charge in [0, 0.05) is 5.56 Å². The van der Waals surface area contributed by atoms with Gasteiger partial charge < -0.3 is 0 Å². The van der Waals surface area contributed by atoms with Crippen molar-refractivity contribution >= 4 is 5.78 Å². The molecule has 1 nitrogen and oxygen atoms in total. The van der Waals surface area contributed by atoms with Crippen LogP contribution in [0.5, 0.6) is 0 Å². The second kappa shape index (κ2) is 3.60. The summed E-state index contributed by atoms with van der Waals surface area (Å²) in [5.74, 6) is -5.42. The fraction of sp³-hybridized carbons (Fsp3) is 0.222. The van der Waals surface area contributed by atoms with Gasteiger partial charge in [-0.2, -0.15) is 8.78 Å². The standard InChI is InChI=1S/C9H7F3O/c10-6-8(13)9(11,12)7-4-2-1-3-5-7/h1-5H,6H2. The third-order valence-corrected chi connectivity index (χ3v) is 1.61. The summed E-state index contributed by atoms with van der Waals surface area (Å²) in [4.78, 5) is 10.5. The normalized spacial score (nSPS) is 11.3. The monoisotopic (exact) mass is 188 g/mol. The van der Waals surface area contributed by atoms with Crippen LogP contribution in [0.15, 0.2) is 30.3 Å². The van der Waals surface area contributed by atoms with E-state index in [1.54, 1.807) is 6.07 Å². The van der Waals surface area contributed by atoms with Crippen LogP contribution in [0.3, 0.4) is 0 Å². The van der Waals surface area contributed by atoms with Crippen LogP contribution in [-0.2, 0) is 10.7 Å². The summed E-state index contributed by atoms with van der Waals surface area (Å²) in [6.45, 7) is -1.65. The van der Waals surface area contributed by atoms with E-state index < -0.39 is 23.9 Å². The molecule has 4 heteroatoms. The lowest BCUT2D eigenvalue weighted by Gasteiger charge is -2.12. The first-order valence-corrected chi connectivity index (χ1v) is 3.61. The van der Waals surface area contributed by atoms with E-state index in [1.807, 2.05) is 0 Å². The fourth-order valence-electron chi connectivity index (χ4n) is 0.892. The molecule has 1 rings (SSSR count). The Morgan fingerprint density at radius 3 is 2.23 bits per heavy atom. The molecule has 0 aliphatic heterocycles. The SMILES string of the molecule is O=C(CF)C(F)(F)c1ccccc1. The van der Waals surface area contributed by atoms with E-state index >= 15 is 0 Å². The number of carbonyl (C=O) groups excluding carboxylic acids is 1. The third-order valence-electron chi connectivity index (χ3n) is 1.61.